The number of nitrogens with zero attached hydrogens (tertiary/aromatic N) is 7. The maximum atomic E-state index is 12.8. The number of hydrogen-bond donors (Lipinski definition) is 1. The maximum Gasteiger partial charge on any atom is 0.280 e. The van der Waals surface area contributed by atoms with E-state index in [0.29, 0.717) is 45.0 Å². The normalized spacial score (nSPS) is 11.4. The van der Waals surface area contributed by atoms with Gasteiger partial charge in [0.25, 0.3) is 5.56 Å². The van der Waals surface area contributed by atoms with Crippen molar-refractivity contribution in [3.05, 3.63) is 69.0 Å². The minimum Gasteiger partial charge on any atom is -0.437 e. The van der Waals surface area contributed by atoms with Crippen molar-refractivity contribution in [1.82, 2.24) is 39.1 Å². The van der Waals surface area contributed by atoms with Crippen LogP contribution in [0.1, 0.15) is 11.5 Å². The van der Waals surface area contributed by atoms with Crippen LogP contribution in [0, 0.1) is 6.92 Å². The number of nitrogens with one attached hydrogen (secondary N) is 1. The van der Waals surface area contributed by atoms with E-state index in [0.717, 1.165) is 0 Å². The van der Waals surface area contributed by atoms with Crippen LogP contribution in [-0.2, 0) is 6.54 Å². The number of aryl methyl sites for hydroxylation is 1. The largest absolute Gasteiger partial charge is 0.437 e. The van der Waals surface area contributed by atoms with Gasteiger partial charge in [-0.1, -0.05) is 11.6 Å². The van der Waals surface area contributed by atoms with Gasteiger partial charge in [0, 0.05) is 5.02 Å². The third-order valence-corrected chi connectivity index (χ3v) is 4.85. The highest BCUT2D eigenvalue weighted by atomic mass is 35.5. The molecular weight excluding hydrogens is 431 g/mol. The first kappa shape index (κ1) is 18.5. The second kappa shape index (κ2) is 7.08. The molecule has 0 fully saturated rings. The molecule has 0 bridgehead atoms. The second-order valence-corrected chi connectivity index (χ2v) is 7.19. The molecule has 0 atom stereocenters. The Morgan fingerprint density at radius 1 is 1.13 bits per heavy atom. The summed E-state index contributed by atoms with van der Waals surface area (Å²) < 4.78 is 8.39. The monoisotopic (exact) mass is 442 g/mol. The van der Waals surface area contributed by atoms with Gasteiger partial charge in [-0.25, -0.2) is 15.0 Å². The SMILES string of the molecule is Cc1nc(Cl)n2ncn(Cc3nc4ncc(Oc5ccc(Cl)cc5)nc4[nH]3)c(=O)c12. The number of ether oxygens (including phenoxy) is 1. The first-order valence-electron chi connectivity index (χ1n) is 8.73. The van der Waals surface area contributed by atoms with Crippen LogP contribution in [0.2, 0.25) is 10.3 Å². The molecule has 10 nitrogen and oxygen atoms in total. The van der Waals surface area contributed by atoms with Gasteiger partial charge in [-0.15, -0.1) is 0 Å². The Morgan fingerprint density at radius 3 is 2.73 bits per heavy atom. The van der Waals surface area contributed by atoms with E-state index in [1.54, 1.807) is 31.2 Å². The Hall–Kier alpha value is -3.50. The van der Waals surface area contributed by atoms with E-state index in [1.165, 1.54) is 21.6 Å². The van der Waals surface area contributed by atoms with Crippen molar-refractivity contribution in [3.63, 3.8) is 0 Å². The summed E-state index contributed by atoms with van der Waals surface area (Å²) in [5, 5.41) is 4.91. The van der Waals surface area contributed by atoms with E-state index >= 15 is 0 Å². The summed E-state index contributed by atoms with van der Waals surface area (Å²) in [5.41, 5.74) is 1.37. The van der Waals surface area contributed by atoms with E-state index in [1.807, 2.05) is 0 Å². The summed E-state index contributed by atoms with van der Waals surface area (Å²) >= 11 is 11.9. The third-order valence-electron chi connectivity index (χ3n) is 4.35. The van der Waals surface area contributed by atoms with Crippen molar-refractivity contribution in [2.45, 2.75) is 13.5 Å². The van der Waals surface area contributed by atoms with Crippen LogP contribution in [-0.4, -0.2) is 39.1 Å². The van der Waals surface area contributed by atoms with Crippen molar-refractivity contribution in [1.29, 1.82) is 0 Å². The molecule has 0 saturated carbocycles. The highest BCUT2D eigenvalue weighted by Crippen LogP contribution is 2.22. The zero-order chi connectivity index (χ0) is 20.8. The van der Waals surface area contributed by atoms with Gasteiger partial charge in [-0.2, -0.15) is 14.6 Å². The predicted molar refractivity (Wildman–Crippen MR) is 109 cm³/mol. The molecule has 0 aliphatic heterocycles. The number of imidazole rings is 2. The Labute approximate surface area is 178 Å². The lowest BCUT2D eigenvalue weighted by Crippen LogP contribution is -2.24. The molecular formula is C18H12Cl2N8O2. The van der Waals surface area contributed by atoms with Gasteiger partial charge in [0.2, 0.25) is 11.2 Å². The molecule has 0 spiro atoms. The predicted octanol–water partition coefficient (Wildman–Crippen LogP) is 3.01. The molecule has 0 saturated heterocycles. The van der Waals surface area contributed by atoms with Crippen LogP contribution in [0.5, 0.6) is 11.6 Å². The molecule has 0 aliphatic carbocycles. The van der Waals surface area contributed by atoms with E-state index in [4.69, 9.17) is 27.9 Å². The van der Waals surface area contributed by atoms with E-state index < -0.39 is 0 Å². The number of aromatic amines is 1. The summed E-state index contributed by atoms with van der Waals surface area (Å²) in [6.07, 6.45) is 2.85. The van der Waals surface area contributed by atoms with Crippen LogP contribution in [0.15, 0.2) is 41.6 Å². The fourth-order valence-corrected chi connectivity index (χ4v) is 3.36. The fourth-order valence-electron chi connectivity index (χ4n) is 2.98. The van der Waals surface area contributed by atoms with Crippen molar-refractivity contribution in [2.75, 3.05) is 0 Å². The topological polar surface area (TPSA) is 116 Å². The number of benzene rings is 1. The van der Waals surface area contributed by atoms with Crippen LogP contribution >= 0.6 is 23.2 Å². The zero-order valence-corrected chi connectivity index (χ0v) is 16.9. The standard InChI is InChI=1S/C18H12Cl2N8O2/c1-9-14-17(29)27(8-22-28(14)18(20)23-9)7-12-24-15-16(25-12)26-13(6-21-15)30-11-4-2-10(19)3-5-11/h2-6,8H,7H2,1H3,(H,21,24,25,26). The molecule has 12 heteroatoms. The molecule has 150 valence electrons. The maximum absolute atomic E-state index is 12.8. The number of H-pyrrole nitrogens is 1. The highest BCUT2D eigenvalue weighted by Gasteiger charge is 2.14. The molecule has 1 aromatic carbocycles. The number of hydrogen-bond acceptors (Lipinski definition) is 7. The lowest BCUT2D eigenvalue weighted by atomic mass is 10.3. The van der Waals surface area contributed by atoms with E-state index in [-0.39, 0.29) is 17.4 Å². The van der Waals surface area contributed by atoms with Crippen LogP contribution in [0.25, 0.3) is 16.8 Å². The first-order valence-corrected chi connectivity index (χ1v) is 9.49. The Morgan fingerprint density at radius 2 is 1.93 bits per heavy atom. The van der Waals surface area contributed by atoms with Gasteiger partial charge >= 0.3 is 0 Å². The second-order valence-electron chi connectivity index (χ2n) is 6.41. The van der Waals surface area contributed by atoms with E-state index in [2.05, 4.69) is 30.0 Å². The average molecular weight is 443 g/mol. The summed E-state index contributed by atoms with van der Waals surface area (Å²) in [4.78, 5) is 32.9. The molecule has 30 heavy (non-hydrogen) atoms. The summed E-state index contributed by atoms with van der Waals surface area (Å²) in [5.74, 6) is 1.36. The van der Waals surface area contributed by atoms with Crippen molar-refractivity contribution < 1.29 is 4.74 Å². The van der Waals surface area contributed by atoms with Crippen molar-refractivity contribution in [3.8, 4) is 11.6 Å². The van der Waals surface area contributed by atoms with Crippen LogP contribution in [0.4, 0.5) is 0 Å². The molecule has 5 rings (SSSR count). The fraction of sp³-hybridized carbons (Fsp3) is 0.111. The molecule has 5 aromatic rings. The van der Waals surface area contributed by atoms with Gasteiger partial charge in [-0.3, -0.25) is 9.36 Å². The molecule has 4 heterocycles. The number of aromatic nitrogens is 8. The van der Waals surface area contributed by atoms with Gasteiger partial charge < -0.3 is 9.72 Å². The summed E-state index contributed by atoms with van der Waals surface area (Å²) in [6.45, 7) is 1.85. The third kappa shape index (κ3) is 3.25. The Kier molecular flexibility index (Phi) is 4.37. The zero-order valence-electron chi connectivity index (χ0n) is 15.4. The van der Waals surface area contributed by atoms with Crippen molar-refractivity contribution >= 4 is 40.0 Å². The molecule has 4 aromatic heterocycles. The van der Waals surface area contributed by atoms with Gasteiger partial charge in [0.15, 0.2) is 16.8 Å². The quantitative estimate of drug-likeness (QED) is 0.454. The number of rotatable bonds is 4. The van der Waals surface area contributed by atoms with Crippen molar-refractivity contribution in [2.24, 2.45) is 0 Å². The highest BCUT2D eigenvalue weighted by molar-refractivity contribution is 6.30. The van der Waals surface area contributed by atoms with E-state index in [9.17, 15) is 4.79 Å². The first-order chi connectivity index (χ1) is 14.5. The van der Waals surface area contributed by atoms with Gasteiger partial charge in [0.05, 0.1) is 18.4 Å². The number of fused-ring (bicyclic) bond motifs is 2. The molecule has 0 radical (unpaired) electrons. The average Bonchev–Trinajstić information content (AvgIpc) is 3.25. The van der Waals surface area contributed by atoms with Crippen LogP contribution < -0.4 is 10.3 Å². The molecule has 0 aliphatic rings. The lowest BCUT2D eigenvalue weighted by molar-refractivity contribution is 0.462. The lowest BCUT2D eigenvalue weighted by Gasteiger charge is -2.03. The smallest absolute Gasteiger partial charge is 0.280 e. The van der Waals surface area contributed by atoms with Gasteiger partial charge in [0.1, 0.15) is 17.9 Å². The minimum atomic E-state index is -0.282. The molecule has 0 amide bonds. The summed E-state index contributed by atoms with van der Waals surface area (Å²) in [6, 6.07) is 6.89. The Balaban J connectivity index is 1.45. The Bertz CT molecular complexity index is 1460. The van der Waals surface area contributed by atoms with Gasteiger partial charge in [-0.05, 0) is 42.8 Å². The number of halogens is 2. The molecule has 0 unspecified atom stereocenters. The summed E-state index contributed by atoms with van der Waals surface area (Å²) in [7, 11) is 0. The van der Waals surface area contributed by atoms with Crippen LogP contribution in [0.3, 0.4) is 0 Å². The minimum absolute atomic E-state index is 0.136. The molecule has 1 N–H and O–H groups in total.